The predicted octanol–water partition coefficient (Wildman–Crippen LogP) is 2.80. The predicted molar refractivity (Wildman–Crippen MR) is 87.8 cm³/mol. The molecule has 0 bridgehead atoms. The molecular formula is C17H21FN4O. The zero-order valence-corrected chi connectivity index (χ0v) is 13.6. The van der Waals surface area contributed by atoms with E-state index in [4.69, 9.17) is 0 Å². The Bertz CT molecular complexity index is 653. The number of amides is 1. The van der Waals surface area contributed by atoms with Crippen LogP contribution >= 0.6 is 0 Å². The van der Waals surface area contributed by atoms with Crippen molar-refractivity contribution in [2.24, 2.45) is 0 Å². The molecule has 5 nitrogen and oxygen atoms in total. The number of nitrogens with zero attached hydrogens (tertiary/aromatic N) is 2. The fourth-order valence-corrected chi connectivity index (χ4v) is 2.23. The highest BCUT2D eigenvalue weighted by molar-refractivity contribution is 5.94. The molecule has 1 amide bonds. The number of rotatable bonds is 6. The van der Waals surface area contributed by atoms with E-state index in [0.717, 1.165) is 12.1 Å². The van der Waals surface area contributed by atoms with E-state index in [2.05, 4.69) is 20.6 Å². The molecule has 0 radical (unpaired) electrons. The molecule has 0 aliphatic carbocycles. The van der Waals surface area contributed by atoms with Crippen LogP contribution in [0.5, 0.6) is 0 Å². The summed E-state index contributed by atoms with van der Waals surface area (Å²) in [7, 11) is 0. The molecule has 0 spiro atoms. The van der Waals surface area contributed by atoms with Crippen molar-refractivity contribution < 1.29 is 9.18 Å². The maximum atomic E-state index is 12.9. The zero-order valence-electron chi connectivity index (χ0n) is 13.6. The number of anilines is 1. The number of hydrogen-bond acceptors (Lipinski definition) is 4. The Morgan fingerprint density at radius 2 is 1.78 bits per heavy atom. The van der Waals surface area contributed by atoms with E-state index in [1.54, 1.807) is 12.1 Å². The average Bonchev–Trinajstić information content (AvgIpc) is 2.50. The Kier molecular flexibility index (Phi) is 5.26. The monoisotopic (exact) mass is 316 g/mol. The molecule has 122 valence electrons. The molecule has 2 N–H and O–H groups in total. The maximum absolute atomic E-state index is 12.9. The van der Waals surface area contributed by atoms with Gasteiger partial charge in [0.1, 0.15) is 5.82 Å². The second-order valence-electron chi connectivity index (χ2n) is 5.97. The van der Waals surface area contributed by atoms with Crippen molar-refractivity contribution in [2.75, 3.05) is 11.9 Å². The molecule has 2 aromatic rings. The van der Waals surface area contributed by atoms with Gasteiger partial charge in [-0.05, 0) is 44.9 Å². The van der Waals surface area contributed by atoms with E-state index in [9.17, 15) is 9.18 Å². The number of halogens is 1. The van der Waals surface area contributed by atoms with Gasteiger partial charge in [0.2, 0.25) is 5.95 Å². The van der Waals surface area contributed by atoms with Gasteiger partial charge in [-0.25, -0.2) is 14.4 Å². The fraction of sp³-hybridized carbons (Fsp3) is 0.353. The SMILES string of the molecule is CCNc1ncc(C(=O)NC(C)(C)Cc2ccc(F)cc2)cn1. The van der Waals surface area contributed by atoms with Crippen LogP contribution in [-0.2, 0) is 6.42 Å². The second-order valence-corrected chi connectivity index (χ2v) is 5.97. The molecule has 1 aromatic heterocycles. The third-order valence-electron chi connectivity index (χ3n) is 3.26. The van der Waals surface area contributed by atoms with Crippen molar-refractivity contribution in [2.45, 2.75) is 32.7 Å². The molecule has 0 fully saturated rings. The lowest BCUT2D eigenvalue weighted by Gasteiger charge is -2.26. The van der Waals surface area contributed by atoms with Crippen LogP contribution in [0.3, 0.4) is 0 Å². The summed E-state index contributed by atoms with van der Waals surface area (Å²) in [6.07, 6.45) is 3.58. The quantitative estimate of drug-likeness (QED) is 0.860. The molecule has 0 atom stereocenters. The Labute approximate surface area is 135 Å². The molecule has 1 aromatic carbocycles. The summed E-state index contributed by atoms with van der Waals surface area (Å²) in [6.45, 7) is 6.50. The first-order chi connectivity index (χ1) is 10.9. The van der Waals surface area contributed by atoms with Crippen LogP contribution in [0, 0.1) is 5.82 Å². The molecule has 1 heterocycles. The lowest BCUT2D eigenvalue weighted by Crippen LogP contribution is -2.45. The van der Waals surface area contributed by atoms with Gasteiger partial charge in [-0.15, -0.1) is 0 Å². The minimum Gasteiger partial charge on any atom is -0.355 e. The normalized spacial score (nSPS) is 11.1. The van der Waals surface area contributed by atoms with E-state index >= 15 is 0 Å². The smallest absolute Gasteiger partial charge is 0.254 e. The van der Waals surface area contributed by atoms with Gasteiger partial charge < -0.3 is 10.6 Å². The minimum absolute atomic E-state index is 0.236. The fourth-order valence-electron chi connectivity index (χ4n) is 2.23. The Morgan fingerprint density at radius 3 is 2.35 bits per heavy atom. The first-order valence-corrected chi connectivity index (χ1v) is 7.52. The summed E-state index contributed by atoms with van der Waals surface area (Å²) in [5.74, 6) is -0.0108. The maximum Gasteiger partial charge on any atom is 0.254 e. The lowest BCUT2D eigenvalue weighted by atomic mass is 9.94. The third-order valence-corrected chi connectivity index (χ3v) is 3.26. The summed E-state index contributed by atoms with van der Waals surface area (Å²) in [6, 6.07) is 6.27. The van der Waals surface area contributed by atoms with Gasteiger partial charge in [-0.3, -0.25) is 4.79 Å². The molecule has 6 heteroatoms. The Morgan fingerprint density at radius 1 is 1.17 bits per heavy atom. The number of carbonyl (C=O) groups is 1. The van der Waals surface area contributed by atoms with Crippen LogP contribution < -0.4 is 10.6 Å². The summed E-state index contributed by atoms with van der Waals surface area (Å²) >= 11 is 0. The van der Waals surface area contributed by atoms with Crippen LogP contribution in [0.2, 0.25) is 0 Å². The van der Waals surface area contributed by atoms with Crippen molar-refractivity contribution in [3.8, 4) is 0 Å². The van der Waals surface area contributed by atoms with Gasteiger partial charge in [0, 0.05) is 24.5 Å². The molecule has 2 rings (SSSR count). The molecule has 0 aliphatic heterocycles. The van der Waals surface area contributed by atoms with Crippen LogP contribution in [0.25, 0.3) is 0 Å². The van der Waals surface area contributed by atoms with Gasteiger partial charge in [-0.1, -0.05) is 12.1 Å². The number of nitrogens with one attached hydrogen (secondary N) is 2. The first-order valence-electron chi connectivity index (χ1n) is 7.52. The molecule has 0 saturated heterocycles. The van der Waals surface area contributed by atoms with Crippen molar-refractivity contribution in [3.63, 3.8) is 0 Å². The van der Waals surface area contributed by atoms with Crippen molar-refractivity contribution in [1.82, 2.24) is 15.3 Å². The number of hydrogen-bond donors (Lipinski definition) is 2. The standard InChI is InChI=1S/C17H21FN4O/c1-4-19-16-20-10-13(11-21-16)15(23)22-17(2,3)9-12-5-7-14(18)8-6-12/h5-8,10-11H,4,9H2,1-3H3,(H,22,23)(H,19,20,21). The van der Waals surface area contributed by atoms with Crippen LogP contribution in [0.4, 0.5) is 10.3 Å². The number of benzene rings is 1. The third kappa shape index (κ3) is 5.02. The highest BCUT2D eigenvalue weighted by Gasteiger charge is 2.22. The zero-order chi connectivity index (χ0) is 16.9. The molecule has 0 unspecified atom stereocenters. The van der Waals surface area contributed by atoms with Crippen molar-refractivity contribution in [3.05, 3.63) is 53.6 Å². The van der Waals surface area contributed by atoms with Gasteiger partial charge >= 0.3 is 0 Å². The van der Waals surface area contributed by atoms with Gasteiger partial charge in [0.05, 0.1) is 5.56 Å². The molecule has 0 aliphatic rings. The van der Waals surface area contributed by atoms with E-state index in [1.807, 2.05) is 20.8 Å². The number of aromatic nitrogens is 2. The topological polar surface area (TPSA) is 66.9 Å². The van der Waals surface area contributed by atoms with Crippen LogP contribution in [-0.4, -0.2) is 28.0 Å². The molecule has 0 saturated carbocycles. The van der Waals surface area contributed by atoms with Gasteiger partial charge in [0.15, 0.2) is 0 Å². The Balaban J connectivity index is 2.00. The summed E-state index contributed by atoms with van der Waals surface area (Å²) < 4.78 is 12.9. The molecule has 23 heavy (non-hydrogen) atoms. The highest BCUT2D eigenvalue weighted by atomic mass is 19.1. The number of carbonyl (C=O) groups excluding carboxylic acids is 1. The Hall–Kier alpha value is -2.50. The van der Waals surface area contributed by atoms with Crippen LogP contribution in [0.1, 0.15) is 36.7 Å². The van der Waals surface area contributed by atoms with E-state index in [0.29, 0.717) is 17.9 Å². The van der Waals surface area contributed by atoms with Crippen molar-refractivity contribution >= 4 is 11.9 Å². The molecular weight excluding hydrogens is 295 g/mol. The van der Waals surface area contributed by atoms with E-state index < -0.39 is 5.54 Å². The largest absolute Gasteiger partial charge is 0.355 e. The van der Waals surface area contributed by atoms with Crippen LogP contribution in [0.15, 0.2) is 36.7 Å². The summed E-state index contributed by atoms with van der Waals surface area (Å²) in [4.78, 5) is 20.5. The van der Waals surface area contributed by atoms with Gasteiger partial charge in [0.25, 0.3) is 5.91 Å². The minimum atomic E-state index is -0.477. The van der Waals surface area contributed by atoms with Crippen molar-refractivity contribution in [1.29, 1.82) is 0 Å². The average molecular weight is 316 g/mol. The summed E-state index contributed by atoms with van der Waals surface area (Å²) in [5, 5.41) is 5.93. The first kappa shape index (κ1) is 16.9. The second kappa shape index (κ2) is 7.17. The highest BCUT2D eigenvalue weighted by Crippen LogP contribution is 2.14. The lowest BCUT2D eigenvalue weighted by molar-refractivity contribution is 0.0912. The van der Waals surface area contributed by atoms with E-state index in [1.165, 1.54) is 24.5 Å². The van der Waals surface area contributed by atoms with E-state index in [-0.39, 0.29) is 11.7 Å². The van der Waals surface area contributed by atoms with Gasteiger partial charge in [-0.2, -0.15) is 0 Å². The summed E-state index contributed by atoms with van der Waals surface area (Å²) in [5.41, 5.74) is 0.879.